The number of fused-ring (bicyclic) bond motifs is 1. The number of aliphatic carboxylic acids is 1. The van der Waals surface area contributed by atoms with E-state index in [4.69, 9.17) is 5.11 Å². The van der Waals surface area contributed by atoms with Gasteiger partial charge in [0.15, 0.2) is 0 Å². The monoisotopic (exact) mass is 430 g/mol. The molecule has 0 saturated carbocycles. The first-order chi connectivity index (χ1) is 14.2. The van der Waals surface area contributed by atoms with Gasteiger partial charge in [0.1, 0.15) is 5.01 Å². The second-order valence-electron chi connectivity index (χ2n) is 7.01. The van der Waals surface area contributed by atoms with E-state index >= 15 is 0 Å². The van der Waals surface area contributed by atoms with Gasteiger partial charge in [0.05, 0.1) is 24.2 Å². The van der Waals surface area contributed by atoms with Crippen molar-refractivity contribution in [2.45, 2.75) is 26.1 Å². The average Bonchev–Trinajstić information content (AvgIpc) is 3.24. The molecule has 0 radical (unpaired) electrons. The van der Waals surface area contributed by atoms with E-state index in [2.05, 4.69) is 9.55 Å². The van der Waals surface area contributed by atoms with Crippen LogP contribution in [0.1, 0.15) is 21.7 Å². The van der Waals surface area contributed by atoms with E-state index < -0.39 is 17.7 Å². The first-order valence-corrected chi connectivity index (χ1v) is 9.96. The van der Waals surface area contributed by atoms with Crippen LogP contribution in [-0.4, -0.2) is 20.6 Å². The number of rotatable bonds is 5. The lowest BCUT2D eigenvalue weighted by atomic mass is 10.1. The van der Waals surface area contributed by atoms with Gasteiger partial charge >= 0.3 is 12.1 Å². The van der Waals surface area contributed by atoms with E-state index in [0.29, 0.717) is 17.1 Å². The third-order valence-corrected chi connectivity index (χ3v) is 6.05. The smallest absolute Gasteiger partial charge is 0.416 e. The summed E-state index contributed by atoms with van der Waals surface area (Å²) in [6, 6.07) is 12.5. The summed E-state index contributed by atoms with van der Waals surface area (Å²) in [6.45, 7) is 2.46. The number of carboxylic acid groups (broad SMARTS) is 1. The number of aromatic nitrogens is 2. The van der Waals surface area contributed by atoms with E-state index in [0.717, 1.165) is 39.2 Å². The number of carbonyl (C=O) groups is 1. The highest BCUT2D eigenvalue weighted by Crippen LogP contribution is 2.33. The molecule has 4 nitrogen and oxygen atoms in total. The fraction of sp³-hybridized carbons (Fsp3) is 0.182. The summed E-state index contributed by atoms with van der Waals surface area (Å²) in [7, 11) is 0. The second-order valence-corrected chi connectivity index (χ2v) is 8.09. The number of carboxylic acids is 1. The summed E-state index contributed by atoms with van der Waals surface area (Å²) >= 11 is 1.45. The van der Waals surface area contributed by atoms with Crippen molar-refractivity contribution in [3.8, 4) is 10.6 Å². The van der Waals surface area contributed by atoms with E-state index in [1.165, 1.54) is 23.5 Å². The zero-order chi connectivity index (χ0) is 21.5. The molecular weight excluding hydrogens is 413 g/mol. The van der Waals surface area contributed by atoms with Crippen molar-refractivity contribution in [2.24, 2.45) is 0 Å². The molecule has 0 atom stereocenters. The van der Waals surface area contributed by atoms with Crippen molar-refractivity contribution >= 4 is 28.2 Å². The Labute approximate surface area is 174 Å². The first kappa shape index (κ1) is 20.2. The van der Waals surface area contributed by atoms with Gasteiger partial charge in [0.2, 0.25) is 0 Å². The SMILES string of the molecule is Cc1nc(-c2ccc(C(F)(F)F)cc2)sc1Cn1ccc2cc(CC(=O)O)ccc21. The zero-order valence-corrected chi connectivity index (χ0v) is 16.7. The van der Waals surface area contributed by atoms with Gasteiger partial charge in [-0.25, -0.2) is 4.98 Å². The standard InChI is InChI=1S/C22H17F3N2O2S/c1-13-19(30-21(26-13)15-3-5-17(6-4-15)22(23,24)25)12-27-9-8-16-10-14(11-20(28)29)2-7-18(16)27/h2-10H,11-12H2,1H3,(H,28,29). The molecule has 8 heteroatoms. The molecule has 30 heavy (non-hydrogen) atoms. The lowest BCUT2D eigenvalue weighted by Crippen LogP contribution is -2.03. The van der Waals surface area contributed by atoms with Crippen LogP contribution in [0.15, 0.2) is 54.7 Å². The third-order valence-electron chi connectivity index (χ3n) is 4.86. The Balaban J connectivity index is 1.59. The average molecular weight is 430 g/mol. The molecule has 0 bridgehead atoms. The Bertz CT molecular complexity index is 1220. The molecule has 0 amide bonds. The maximum atomic E-state index is 12.8. The number of thiazole rings is 1. The number of alkyl halides is 3. The topological polar surface area (TPSA) is 55.1 Å². The lowest BCUT2D eigenvalue weighted by Gasteiger charge is -2.06. The molecule has 0 fully saturated rings. The summed E-state index contributed by atoms with van der Waals surface area (Å²) in [5.41, 5.74) is 2.53. The number of benzene rings is 2. The number of hydrogen-bond donors (Lipinski definition) is 1. The molecule has 0 aliphatic rings. The van der Waals surface area contributed by atoms with E-state index in [-0.39, 0.29) is 6.42 Å². The minimum atomic E-state index is -4.36. The molecule has 2 aromatic heterocycles. The van der Waals surface area contributed by atoms with Gasteiger partial charge in [-0.05, 0) is 48.2 Å². The molecule has 4 rings (SSSR count). The van der Waals surface area contributed by atoms with Crippen molar-refractivity contribution < 1.29 is 23.1 Å². The minimum Gasteiger partial charge on any atom is -0.481 e. The van der Waals surface area contributed by atoms with Crippen LogP contribution in [-0.2, 0) is 23.9 Å². The zero-order valence-electron chi connectivity index (χ0n) is 15.9. The predicted molar refractivity (Wildman–Crippen MR) is 110 cm³/mol. The molecule has 0 spiro atoms. The second kappa shape index (κ2) is 7.60. The highest BCUT2D eigenvalue weighted by Gasteiger charge is 2.30. The summed E-state index contributed by atoms with van der Waals surface area (Å²) < 4.78 is 40.4. The molecule has 2 heterocycles. The maximum Gasteiger partial charge on any atom is 0.416 e. The molecule has 154 valence electrons. The maximum absolute atomic E-state index is 12.8. The van der Waals surface area contributed by atoms with Crippen LogP contribution < -0.4 is 0 Å². The third kappa shape index (κ3) is 4.09. The van der Waals surface area contributed by atoms with Crippen molar-refractivity contribution in [1.82, 2.24) is 9.55 Å². The summed E-state index contributed by atoms with van der Waals surface area (Å²) in [4.78, 5) is 16.5. The summed E-state index contributed by atoms with van der Waals surface area (Å²) in [6.07, 6.45) is -2.44. The van der Waals surface area contributed by atoms with E-state index in [1.807, 2.05) is 31.3 Å². The Morgan fingerprint density at radius 2 is 1.87 bits per heavy atom. The van der Waals surface area contributed by atoms with Crippen LogP contribution in [0.5, 0.6) is 0 Å². The summed E-state index contributed by atoms with van der Waals surface area (Å²) in [5.74, 6) is -0.870. The van der Waals surface area contributed by atoms with Crippen molar-refractivity contribution in [3.05, 3.63) is 76.4 Å². The molecule has 1 N–H and O–H groups in total. The van der Waals surface area contributed by atoms with Crippen molar-refractivity contribution in [2.75, 3.05) is 0 Å². The minimum absolute atomic E-state index is 0.0223. The van der Waals surface area contributed by atoms with Crippen LogP contribution in [0, 0.1) is 6.92 Å². The van der Waals surface area contributed by atoms with Gasteiger partial charge in [-0.1, -0.05) is 18.2 Å². The molecule has 0 unspecified atom stereocenters. The van der Waals surface area contributed by atoms with Crippen LogP contribution >= 0.6 is 11.3 Å². The van der Waals surface area contributed by atoms with Gasteiger partial charge in [0, 0.05) is 22.2 Å². The number of nitrogens with zero attached hydrogens (tertiary/aromatic N) is 2. The number of halogens is 3. The van der Waals surface area contributed by atoms with Crippen LogP contribution in [0.4, 0.5) is 13.2 Å². The Morgan fingerprint density at radius 3 is 2.53 bits per heavy atom. The largest absolute Gasteiger partial charge is 0.481 e. The molecule has 0 aliphatic carbocycles. The van der Waals surface area contributed by atoms with Gasteiger partial charge in [-0.2, -0.15) is 13.2 Å². The molecular formula is C22H17F3N2O2S. The fourth-order valence-electron chi connectivity index (χ4n) is 3.33. The summed E-state index contributed by atoms with van der Waals surface area (Å²) in [5, 5.41) is 10.6. The highest BCUT2D eigenvalue weighted by atomic mass is 32.1. The normalized spacial score (nSPS) is 11.9. The quantitative estimate of drug-likeness (QED) is 0.438. The van der Waals surface area contributed by atoms with Gasteiger partial charge in [-0.15, -0.1) is 11.3 Å². The number of aryl methyl sites for hydroxylation is 1. The van der Waals surface area contributed by atoms with Crippen LogP contribution in [0.25, 0.3) is 21.5 Å². The van der Waals surface area contributed by atoms with E-state index in [1.54, 1.807) is 6.07 Å². The van der Waals surface area contributed by atoms with Crippen LogP contribution in [0.3, 0.4) is 0 Å². The lowest BCUT2D eigenvalue weighted by molar-refractivity contribution is -0.138. The number of hydrogen-bond acceptors (Lipinski definition) is 3. The molecule has 0 saturated heterocycles. The predicted octanol–water partition coefficient (Wildman–Crippen LogP) is 5.77. The van der Waals surface area contributed by atoms with Crippen molar-refractivity contribution in [3.63, 3.8) is 0 Å². The van der Waals surface area contributed by atoms with Crippen molar-refractivity contribution in [1.29, 1.82) is 0 Å². The molecule has 4 aromatic rings. The Morgan fingerprint density at radius 1 is 1.13 bits per heavy atom. The van der Waals surface area contributed by atoms with Gasteiger partial charge in [0.25, 0.3) is 0 Å². The van der Waals surface area contributed by atoms with Gasteiger partial charge in [-0.3, -0.25) is 4.79 Å². The Hall–Kier alpha value is -3.13. The molecule has 2 aromatic carbocycles. The molecule has 0 aliphatic heterocycles. The first-order valence-electron chi connectivity index (χ1n) is 9.14. The van der Waals surface area contributed by atoms with Crippen LogP contribution in [0.2, 0.25) is 0 Å². The Kier molecular flexibility index (Phi) is 5.11. The fourth-order valence-corrected chi connectivity index (χ4v) is 4.39. The van der Waals surface area contributed by atoms with E-state index in [9.17, 15) is 18.0 Å². The highest BCUT2D eigenvalue weighted by molar-refractivity contribution is 7.15. The van der Waals surface area contributed by atoms with Gasteiger partial charge < -0.3 is 9.67 Å².